The SMILES string of the molecule is CC(C)N[C@H](C/C=C/c1ccccc1)C(C)C. The first-order chi connectivity index (χ1) is 8.09. The molecule has 94 valence electrons. The van der Waals surface area contributed by atoms with Crippen LogP contribution in [0.4, 0.5) is 0 Å². The van der Waals surface area contributed by atoms with Gasteiger partial charge in [-0.15, -0.1) is 0 Å². The molecule has 1 aromatic carbocycles. The average Bonchev–Trinajstić information content (AvgIpc) is 2.28. The predicted molar refractivity (Wildman–Crippen MR) is 77.0 cm³/mol. The van der Waals surface area contributed by atoms with Gasteiger partial charge in [0.2, 0.25) is 0 Å². The number of rotatable bonds is 6. The molecule has 0 fully saturated rings. The third kappa shape index (κ3) is 5.69. The summed E-state index contributed by atoms with van der Waals surface area (Å²) in [6.45, 7) is 8.96. The van der Waals surface area contributed by atoms with Crippen LogP contribution in [0, 0.1) is 5.92 Å². The summed E-state index contributed by atoms with van der Waals surface area (Å²) in [5.74, 6) is 0.665. The van der Waals surface area contributed by atoms with E-state index in [1.54, 1.807) is 0 Å². The van der Waals surface area contributed by atoms with Gasteiger partial charge in [0, 0.05) is 12.1 Å². The van der Waals surface area contributed by atoms with Crippen molar-refractivity contribution >= 4 is 6.08 Å². The average molecular weight is 231 g/mol. The van der Waals surface area contributed by atoms with Gasteiger partial charge in [0.1, 0.15) is 0 Å². The molecule has 17 heavy (non-hydrogen) atoms. The van der Waals surface area contributed by atoms with Gasteiger partial charge >= 0.3 is 0 Å². The first-order valence-corrected chi connectivity index (χ1v) is 6.57. The van der Waals surface area contributed by atoms with Crippen LogP contribution >= 0.6 is 0 Å². The fourth-order valence-corrected chi connectivity index (χ4v) is 1.88. The van der Waals surface area contributed by atoms with Crippen molar-refractivity contribution in [2.24, 2.45) is 5.92 Å². The van der Waals surface area contributed by atoms with Crippen LogP contribution in [-0.4, -0.2) is 12.1 Å². The number of nitrogens with one attached hydrogen (secondary N) is 1. The molecule has 0 saturated carbocycles. The van der Waals surface area contributed by atoms with Crippen LogP contribution in [-0.2, 0) is 0 Å². The van der Waals surface area contributed by atoms with E-state index >= 15 is 0 Å². The zero-order valence-corrected chi connectivity index (χ0v) is 11.5. The normalized spacial score (nSPS) is 13.8. The van der Waals surface area contributed by atoms with E-state index in [4.69, 9.17) is 0 Å². The summed E-state index contributed by atoms with van der Waals surface area (Å²) in [5, 5.41) is 3.61. The van der Waals surface area contributed by atoms with E-state index in [0.29, 0.717) is 18.0 Å². The van der Waals surface area contributed by atoms with Gasteiger partial charge in [-0.25, -0.2) is 0 Å². The van der Waals surface area contributed by atoms with Gasteiger partial charge < -0.3 is 5.32 Å². The van der Waals surface area contributed by atoms with Crippen LogP contribution in [0.2, 0.25) is 0 Å². The number of hydrogen-bond acceptors (Lipinski definition) is 1. The highest BCUT2D eigenvalue weighted by molar-refractivity contribution is 5.48. The first-order valence-electron chi connectivity index (χ1n) is 6.57. The highest BCUT2D eigenvalue weighted by atomic mass is 14.9. The fraction of sp³-hybridized carbons (Fsp3) is 0.500. The van der Waals surface area contributed by atoms with Crippen LogP contribution in [0.3, 0.4) is 0 Å². The van der Waals surface area contributed by atoms with E-state index in [-0.39, 0.29) is 0 Å². The zero-order chi connectivity index (χ0) is 12.7. The fourth-order valence-electron chi connectivity index (χ4n) is 1.88. The number of hydrogen-bond donors (Lipinski definition) is 1. The Morgan fingerprint density at radius 3 is 2.24 bits per heavy atom. The summed E-state index contributed by atoms with van der Waals surface area (Å²) >= 11 is 0. The van der Waals surface area contributed by atoms with Crippen LogP contribution in [0.5, 0.6) is 0 Å². The van der Waals surface area contributed by atoms with Crippen molar-refractivity contribution in [1.29, 1.82) is 0 Å². The van der Waals surface area contributed by atoms with Gasteiger partial charge in [0.05, 0.1) is 0 Å². The van der Waals surface area contributed by atoms with Crippen molar-refractivity contribution in [2.45, 2.75) is 46.2 Å². The van der Waals surface area contributed by atoms with Crippen molar-refractivity contribution in [1.82, 2.24) is 5.32 Å². The quantitative estimate of drug-likeness (QED) is 0.777. The Hall–Kier alpha value is -1.08. The van der Waals surface area contributed by atoms with Crippen LogP contribution in [0.15, 0.2) is 36.4 Å². The molecule has 0 bridgehead atoms. The molecule has 1 N–H and O–H groups in total. The summed E-state index contributed by atoms with van der Waals surface area (Å²) in [6.07, 6.45) is 5.57. The minimum absolute atomic E-state index is 0.549. The van der Waals surface area contributed by atoms with Gasteiger partial charge in [0.25, 0.3) is 0 Å². The lowest BCUT2D eigenvalue weighted by molar-refractivity contribution is 0.373. The predicted octanol–water partition coefficient (Wildman–Crippen LogP) is 4.11. The van der Waals surface area contributed by atoms with E-state index in [1.807, 2.05) is 0 Å². The van der Waals surface area contributed by atoms with Crippen molar-refractivity contribution in [3.8, 4) is 0 Å². The Morgan fingerprint density at radius 1 is 1.06 bits per heavy atom. The molecule has 1 atom stereocenters. The van der Waals surface area contributed by atoms with Crippen molar-refractivity contribution in [2.75, 3.05) is 0 Å². The molecule has 0 saturated heterocycles. The lowest BCUT2D eigenvalue weighted by atomic mass is 9.99. The second-order valence-electron chi connectivity index (χ2n) is 5.22. The molecule has 0 amide bonds. The Labute approximate surface area is 106 Å². The van der Waals surface area contributed by atoms with Gasteiger partial charge in [-0.3, -0.25) is 0 Å². The van der Waals surface area contributed by atoms with Crippen molar-refractivity contribution in [3.05, 3.63) is 42.0 Å². The van der Waals surface area contributed by atoms with E-state index in [0.717, 1.165) is 6.42 Å². The Bertz CT molecular complexity index is 325. The molecular formula is C16H25N. The van der Waals surface area contributed by atoms with Crippen LogP contribution < -0.4 is 5.32 Å². The molecule has 0 radical (unpaired) electrons. The molecule has 0 heterocycles. The molecule has 1 nitrogen and oxygen atoms in total. The summed E-state index contributed by atoms with van der Waals surface area (Å²) < 4.78 is 0. The van der Waals surface area contributed by atoms with Crippen molar-refractivity contribution in [3.63, 3.8) is 0 Å². The summed E-state index contributed by atoms with van der Waals surface area (Å²) in [7, 11) is 0. The van der Waals surface area contributed by atoms with E-state index in [1.165, 1.54) is 5.56 Å². The molecule has 1 rings (SSSR count). The van der Waals surface area contributed by atoms with Crippen molar-refractivity contribution < 1.29 is 0 Å². The monoisotopic (exact) mass is 231 g/mol. The summed E-state index contributed by atoms with van der Waals surface area (Å²) in [6, 6.07) is 11.6. The number of benzene rings is 1. The Kier molecular flexibility index (Phi) is 5.99. The van der Waals surface area contributed by atoms with Crippen LogP contribution in [0.1, 0.15) is 39.7 Å². The third-order valence-electron chi connectivity index (χ3n) is 2.85. The van der Waals surface area contributed by atoms with E-state index in [9.17, 15) is 0 Å². The molecule has 1 aromatic rings. The molecule has 0 aromatic heterocycles. The lowest BCUT2D eigenvalue weighted by Gasteiger charge is -2.23. The maximum absolute atomic E-state index is 3.61. The second kappa shape index (κ2) is 7.29. The topological polar surface area (TPSA) is 12.0 Å². The minimum atomic E-state index is 0.549. The van der Waals surface area contributed by atoms with Gasteiger partial charge in [-0.2, -0.15) is 0 Å². The molecule has 0 aliphatic rings. The maximum atomic E-state index is 3.61. The van der Waals surface area contributed by atoms with Crippen LogP contribution in [0.25, 0.3) is 6.08 Å². The third-order valence-corrected chi connectivity index (χ3v) is 2.85. The minimum Gasteiger partial charge on any atom is -0.311 e. The summed E-state index contributed by atoms with van der Waals surface area (Å²) in [5.41, 5.74) is 1.28. The van der Waals surface area contributed by atoms with Gasteiger partial charge in [0.15, 0.2) is 0 Å². The second-order valence-corrected chi connectivity index (χ2v) is 5.22. The Balaban J connectivity index is 2.49. The molecule has 0 aliphatic carbocycles. The molecular weight excluding hydrogens is 206 g/mol. The molecule has 0 aliphatic heterocycles. The summed E-state index contributed by atoms with van der Waals surface area (Å²) in [4.78, 5) is 0. The molecule has 0 spiro atoms. The molecule has 0 unspecified atom stereocenters. The molecule has 1 heteroatoms. The van der Waals surface area contributed by atoms with Gasteiger partial charge in [-0.1, -0.05) is 70.2 Å². The Morgan fingerprint density at radius 2 is 1.71 bits per heavy atom. The largest absolute Gasteiger partial charge is 0.311 e. The van der Waals surface area contributed by atoms with Gasteiger partial charge in [-0.05, 0) is 17.9 Å². The first kappa shape index (κ1) is 14.0. The highest BCUT2D eigenvalue weighted by Gasteiger charge is 2.11. The maximum Gasteiger partial charge on any atom is 0.0127 e. The van der Waals surface area contributed by atoms with E-state index < -0.39 is 0 Å². The highest BCUT2D eigenvalue weighted by Crippen LogP contribution is 2.10. The van der Waals surface area contributed by atoms with E-state index in [2.05, 4.69) is 75.5 Å². The smallest absolute Gasteiger partial charge is 0.0127 e. The lowest BCUT2D eigenvalue weighted by Crippen LogP contribution is -2.38. The standard InChI is InChI=1S/C16H25N/c1-13(2)16(17-14(3)4)12-8-11-15-9-6-5-7-10-15/h5-11,13-14,16-17H,12H2,1-4H3/b11-8+/t16-/m1/s1. The zero-order valence-electron chi connectivity index (χ0n) is 11.5.